The van der Waals surface area contributed by atoms with Gasteiger partial charge in [0.15, 0.2) is 17.5 Å². The molecule has 1 aromatic heterocycles. The molecule has 2 aromatic rings. The van der Waals surface area contributed by atoms with Crippen molar-refractivity contribution in [1.82, 2.24) is 4.98 Å². The summed E-state index contributed by atoms with van der Waals surface area (Å²) in [5, 5.41) is 4.30. The van der Waals surface area contributed by atoms with Crippen LogP contribution < -0.4 is 11.1 Å². The van der Waals surface area contributed by atoms with Gasteiger partial charge >= 0.3 is 0 Å². The number of amides is 1. The van der Waals surface area contributed by atoms with Crippen LogP contribution in [0.2, 0.25) is 0 Å². The predicted molar refractivity (Wildman–Crippen MR) is 69.1 cm³/mol. The number of hydrogen-bond donors (Lipinski definition) is 2. The lowest BCUT2D eigenvalue weighted by molar-refractivity contribution is 0.102. The van der Waals surface area contributed by atoms with Gasteiger partial charge in [-0.1, -0.05) is 0 Å². The number of nitrogens with zero attached hydrogens (tertiary/aromatic N) is 1. The van der Waals surface area contributed by atoms with E-state index in [4.69, 9.17) is 5.73 Å². The molecule has 0 saturated heterocycles. The maximum Gasteiger partial charge on any atom is 0.275 e. The zero-order valence-corrected chi connectivity index (χ0v) is 10.9. The monoisotopic (exact) mass is 301 g/mol. The van der Waals surface area contributed by atoms with Gasteiger partial charge < -0.3 is 11.1 Å². The summed E-state index contributed by atoms with van der Waals surface area (Å²) in [5.41, 5.74) is 4.99. The quantitative estimate of drug-likeness (QED) is 0.852. The highest BCUT2D eigenvalue weighted by molar-refractivity contribution is 7.09. The second-order valence-electron chi connectivity index (χ2n) is 3.84. The number of aromatic nitrogens is 1. The van der Waals surface area contributed by atoms with Gasteiger partial charge in [0.05, 0.1) is 10.7 Å². The van der Waals surface area contributed by atoms with Crippen molar-refractivity contribution in [3.63, 3.8) is 0 Å². The van der Waals surface area contributed by atoms with E-state index in [-0.39, 0.29) is 5.69 Å². The highest BCUT2D eigenvalue weighted by Gasteiger charge is 2.17. The summed E-state index contributed by atoms with van der Waals surface area (Å²) < 4.78 is 39.2. The molecule has 0 radical (unpaired) electrons. The van der Waals surface area contributed by atoms with Gasteiger partial charge in [-0.05, 0) is 18.7 Å². The molecule has 106 valence electrons. The Hall–Kier alpha value is -1.93. The zero-order chi connectivity index (χ0) is 14.7. The van der Waals surface area contributed by atoms with Gasteiger partial charge in [0, 0.05) is 11.8 Å². The van der Waals surface area contributed by atoms with Crippen LogP contribution in [0.25, 0.3) is 0 Å². The standard InChI is InChI=1S/C12H10F3N3OS/c13-6-1-2-7(11(15)10(6)14)18-12(19)8-5-20-9(17-8)3-4-16/h1-2,5H,3-4,16H2,(H,18,19). The fraction of sp³-hybridized carbons (Fsp3) is 0.167. The smallest absolute Gasteiger partial charge is 0.275 e. The Morgan fingerprint density at radius 3 is 2.75 bits per heavy atom. The summed E-state index contributed by atoms with van der Waals surface area (Å²) in [6, 6.07) is 1.67. The van der Waals surface area contributed by atoms with E-state index in [1.807, 2.05) is 0 Å². The number of anilines is 1. The Labute approximate surface area is 116 Å². The molecule has 1 amide bonds. The molecule has 0 aliphatic rings. The van der Waals surface area contributed by atoms with Crippen LogP contribution in [0.5, 0.6) is 0 Å². The lowest BCUT2D eigenvalue weighted by Gasteiger charge is -2.05. The molecule has 4 nitrogen and oxygen atoms in total. The molecule has 0 fully saturated rings. The van der Waals surface area contributed by atoms with Crippen LogP contribution in [0.15, 0.2) is 17.5 Å². The van der Waals surface area contributed by atoms with Crippen molar-refractivity contribution in [1.29, 1.82) is 0 Å². The third kappa shape index (κ3) is 2.97. The van der Waals surface area contributed by atoms with E-state index >= 15 is 0 Å². The van der Waals surface area contributed by atoms with Crippen molar-refractivity contribution in [3.05, 3.63) is 45.7 Å². The number of hydrogen-bond acceptors (Lipinski definition) is 4. The van der Waals surface area contributed by atoms with Crippen LogP contribution in [-0.4, -0.2) is 17.4 Å². The van der Waals surface area contributed by atoms with Crippen LogP contribution in [0.1, 0.15) is 15.5 Å². The van der Waals surface area contributed by atoms with Gasteiger partial charge in [0.25, 0.3) is 5.91 Å². The van der Waals surface area contributed by atoms with Crippen LogP contribution in [0, 0.1) is 17.5 Å². The Morgan fingerprint density at radius 2 is 2.05 bits per heavy atom. The largest absolute Gasteiger partial charge is 0.330 e. The molecule has 1 heterocycles. The normalized spacial score (nSPS) is 10.6. The Morgan fingerprint density at radius 1 is 1.30 bits per heavy atom. The summed E-state index contributed by atoms with van der Waals surface area (Å²) in [5.74, 6) is -5.10. The Balaban J connectivity index is 2.17. The molecule has 8 heteroatoms. The van der Waals surface area contributed by atoms with E-state index in [0.29, 0.717) is 18.0 Å². The van der Waals surface area contributed by atoms with E-state index in [9.17, 15) is 18.0 Å². The van der Waals surface area contributed by atoms with Crippen molar-refractivity contribution in [2.75, 3.05) is 11.9 Å². The third-order valence-corrected chi connectivity index (χ3v) is 3.33. The number of carbonyl (C=O) groups excluding carboxylic acids is 1. The predicted octanol–water partition coefficient (Wildman–Crippen LogP) is 2.31. The highest BCUT2D eigenvalue weighted by Crippen LogP contribution is 2.20. The van der Waals surface area contributed by atoms with E-state index in [0.717, 1.165) is 12.1 Å². The van der Waals surface area contributed by atoms with Crippen molar-refractivity contribution >= 4 is 22.9 Å². The highest BCUT2D eigenvalue weighted by atomic mass is 32.1. The summed E-state index contributed by atoms with van der Waals surface area (Å²) >= 11 is 1.24. The topological polar surface area (TPSA) is 68.0 Å². The minimum atomic E-state index is -1.63. The second-order valence-corrected chi connectivity index (χ2v) is 4.78. The molecule has 0 atom stereocenters. The molecular weight excluding hydrogens is 291 g/mol. The maximum atomic E-state index is 13.4. The fourth-order valence-electron chi connectivity index (χ4n) is 1.46. The number of benzene rings is 1. The first-order valence-corrected chi connectivity index (χ1v) is 6.50. The first kappa shape index (κ1) is 14.5. The van der Waals surface area contributed by atoms with E-state index in [1.165, 1.54) is 16.7 Å². The minimum Gasteiger partial charge on any atom is -0.330 e. The lowest BCUT2D eigenvalue weighted by atomic mass is 10.2. The maximum absolute atomic E-state index is 13.4. The van der Waals surface area contributed by atoms with Gasteiger partial charge in [-0.3, -0.25) is 4.79 Å². The Kier molecular flexibility index (Phi) is 4.35. The average Bonchev–Trinajstić information content (AvgIpc) is 2.88. The van der Waals surface area contributed by atoms with E-state index < -0.39 is 29.0 Å². The van der Waals surface area contributed by atoms with Crippen LogP contribution in [0.3, 0.4) is 0 Å². The molecule has 3 N–H and O–H groups in total. The molecule has 2 rings (SSSR count). The van der Waals surface area contributed by atoms with Gasteiger partial charge in [-0.2, -0.15) is 0 Å². The van der Waals surface area contributed by atoms with Gasteiger partial charge in [0.2, 0.25) is 0 Å². The SMILES string of the molecule is NCCc1nc(C(=O)Nc2ccc(F)c(F)c2F)cs1. The summed E-state index contributed by atoms with van der Waals surface area (Å²) in [6.45, 7) is 0.395. The molecule has 0 bridgehead atoms. The first-order valence-electron chi connectivity index (χ1n) is 5.62. The lowest BCUT2D eigenvalue weighted by Crippen LogP contribution is -2.14. The number of nitrogens with one attached hydrogen (secondary N) is 1. The van der Waals surface area contributed by atoms with E-state index in [1.54, 1.807) is 0 Å². The van der Waals surface area contributed by atoms with Gasteiger partial charge in [-0.15, -0.1) is 11.3 Å². The molecule has 0 spiro atoms. The summed E-state index contributed by atoms with van der Waals surface area (Å²) in [7, 11) is 0. The van der Waals surface area contributed by atoms with Crippen LogP contribution in [0.4, 0.5) is 18.9 Å². The molecule has 0 aliphatic heterocycles. The minimum absolute atomic E-state index is 0.0718. The number of carbonyl (C=O) groups is 1. The molecule has 0 aliphatic carbocycles. The molecule has 0 saturated carbocycles. The second kappa shape index (κ2) is 6.02. The average molecular weight is 301 g/mol. The van der Waals surface area contributed by atoms with Crippen LogP contribution >= 0.6 is 11.3 Å². The number of nitrogens with two attached hydrogens (primary N) is 1. The number of thiazole rings is 1. The van der Waals surface area contributed by atoms with Gasteiger partial charge in [0.1, 0.15) is 5.69 Å². The molecule has 1 aromatic carbocycles. The van der Waals surface area contributed by atoms with Gasteiger partial charge in [-0.25, -0.2) is 18.2 Å². The Bertz CT molecular complexity index is 645. The number of rotatable bonds is 4. The summed E-state index contributed by atoms with van der Waals surface area (Å²) in [6.07, 6.45) is 0.525. The van der Waals surface area contributed by atoms with Crippen molar-refractivity contribution in [2.24, 2.45) is 5.73 Å². The van der Waals surface area contributed by atoms with Crippen molar-refractivity contribution in [3.8, 4) is 0 Å². The number of halogens is 3. The fourth-order valence-corrected chi connectivity index (χ4v) is 2.26. The molecule has 20 heavy (non-hydrogen) atoms. The zero-order valence-electron chi connectivity index (χ0n) is 10.1. The summed E-state index contributed by atoms with van der Waals surface area (Å²) in [4.78, 5) is 15.8. The molecule has 0 unspecified atom stereocenters. The third-order valence-electron chi connectivity index (χ3n) is 2.43. The van der Waals surface area contributed by atoms with Crippen molar-refractivity contribution in [2.45, 2.75) is 6.42 Å². The van der Waals surface area contributed by atoms with E-state index in [2.05, 4.69) is 10.3 Å². The molecular formula is C12H10F3N3OS. The first-order chi connectivity index (χ1) is 9.52. The van der Waals surface area contributed by atoms with Crippen molar-refractivity contribution < 1.29 is 18.0 Å². The van der Waals surface area contributed by atoms with Crippen LogP contribution in [-0.2, 0) is 6.42 Å².